The van der Waals surface area contributed by atoms with E-state index in [0.717, 1.165) is 25.4 Å². The molecular weight excluding hydrogens is 254 g/mol. The van der Waals surface area contributed by atoms with Gasteiger partial charge in [-0.05, 0) is 17.7 Å². The summed E-state index contributed by atoms with van der Waals surface area (Å²) < 4.78 is 5.17. The lowest BCUT2D eigenvalue weighted by molar-refractivity contribution is -0.120. The minimum atomic E-state index is 0.0754. The molecule has 20 heavy (non-hydrogen) atoms. The molecule has 1 fully saturated rings. The maximum atomic E-state index is 11.3. The van der Waals surface area contributed by atoms with E-state index in [1.165, 1.54) is 5.56 Å². The highest BCUT2D eigenvalue weighted by Gasteiger charge is 2.31. The van der Waals surface area contributed by atoms with Crippen molar-refractivity contribution in [1.82, 2.24) is 10.2 Å². The molecule has 1 amide bonds. The summed E-state index contributed by atoms with van der Waals surface area (Å²) in [6, 6.07) is 8.20. The molecule has 2 atom stereocenters. The SMILES string of the molecule is CNC(=O)CCN1CC(N)C(c2ccc(OC)cc2)C1. The van der Waals surface area contributed by atoms with E-state index in [9.17, 15) is 4.79 Å². The zero-order valence-electron chi connectivity index (χ0n) is 12.1. The lowest BCUT2D eigenvalue weighted by Gasteiger charge is -2.16. The minimum Gasteiger partial charge on any atom is -0.497 e. The fraction of sp³-hybridized carbons (Fsp3) is 0.533. The van der Waals surface area contributed by atoms with Gasteiger partial charge in [-0.25, -0.2) is 0 Å². The van der Waals surface area contributed by atoms with Crippen LogP contribution in [-0.2, 0) is 4.79 Å². The molecule has 1 saturated heterocycles. The molecule has 3 N–H and O–H groups in total. The van der Waals surface area contributed by atoms with Gasteiger partial charge in [-0.15, -0.1) is 0 Å². The summed E-state index contributed by atoms with van der Waals surface area (Å²) in [5.74, 6) is 1.26. The normalized spacial score (nSPS) is 22.8. The van der Waals surface area contributed by atoms with Crippen molar-refractivity contribution in [1.29, 1.82) is 0 Å². The highest BCUT2D eigenvalue weighted by molar-refractivity contribution is 5.75. The Morgan fingerprint density at radius 2 is 2.10 bits per heavy atom. The van der Waals surface area contributed by atoms with Crippen LogP contribution in [0.25, 0.3) is 0 Å². The zero-order valence-corrected chi connectivity index (χ0v) is 12.1. The standard InChI is InChI=1S/C15H23N3O2/c1-17-15(19)7-8-18-9-13(14(16)10-18)11-3-5-12(20-2)6-4-11/h3-6,13-14H,7-10,16H2,1-2H3,(H,17,19). The van der Waals surface area contributed by atoms with E-state index in [1.54, 1.807) is 14.2 Å². The predicted octanol–water partition coefficient (Wildman–Crippen LogP) is 0.558. The molecule has 0 radical (unpaired) electrons. The molecule has 1 aliphatic rings. The summed E-state index contributed by atoms with van der Waals surface area (Å²) >= 11 is 0. The largest absolute Gasteiger partial charge is 0.497 e. The topological polar surface area (TPSA) is 67.6 Å². The van der Waals surface area contributed by atoms with Crippen molar-refractivity contribution in [2.45, 2.75) is 18.4 Å². The Morgan fingerprint density at radius 1 is 1.40 bits per heavy atom. The number of hydrogen-bond donors (Lipinski definition) is 2. The summed E-state index contributed by atoms with van der Waals surface area (Å²) in [7, 11) is 3.33. The molecule has 0 saturated carbocycles. The number of rotatable bonds is 5. The number of hydrogen-bond acceptors (Lipinski definition) is 4. The average molecular weight is 277 g/mol. The van der Waals surface area contributed by atoms with Crippen molar-refractivity contribution in [2.24, 2.45) is 5.73 Å². The molecule has 1 aliphatic heterocycles. The number of benzene rings is 1. The fourth-order valence-corrected chi connectivity index (χ4v) is 2.68. The van der Waals surface area contributed by atoms with Crippen LogP contribution in [0.2, 0.25) is 0 Å². The van der Waals surface area contributed by atoms with Crippen LogP contribution in [0.3, 0.4) is 0 Å². The lowest BCUT2D eigenvalue weighted by Crippen LogP contribution is -2.30. The molecule has 1 heterocycles. The van der Waals surface area contributed by atoms with Crippen molar-refractivity contribution in [3.8, 4) is 5.75 Å². The second-order valence-electron chi connectivity index (χ2n) is 5.23. The van der Waals surface area contributed by atoms with E-state index >= 15 is 0 Å². The van der Waals surface area contributed by atoms with Crippen molar-refractivity contribution in [3.63, 3.8) is 0 Å². The van der Waals surface area contributed by atoms with Crippen molar-refractivity contribution < 1.29 is 9.53 Å². The van der Waals surface area contributed by atoms with Crippen LogP contribution < -0.4 is 15.8 Å². The molecule has 2 rings (SSSR count). The Balaban J connectivity index is 1.94. The second kappa shape index (κ2) is 6.72. The van der Waals surface area contributed by atoms with Crippen LogP contribution in [0.5, 0.6) is 5.75 Å². The number of carbonyl (C=O) groups is 1. The van der Waals surface area contributed by atoms with Gasteiger partial charge in [-0.1, -0.05) is 12.1 Å². The Morgan fingerprint density at radius 3 is 2.70 bits per heavy atom. The van der Waals surface area contributed by atoms with E-state index in [0.29, 0.717) is 12.3 Å². The van der Waals surface area contributed by atoms with Crippen molar-refractivity contribution >= 4 is 5.91 Å². The Hall–Kier alpha value is -1.59. The summed E-state index contributed by atoms with van der Waals surface area (Å²) in [6.45, 7) is 2.51. The number of methoxy groups -OCH3 is 1. The predicted molar refractivity (Wildman–Crippen MR) is 78.8 cm³/mol. The maximum absolute atomic E-state index is 11.3. The van der Waals surface area contributed by atoms with Crippen LogP contribution in [0.4, 0.5) is 0 Å². The van der Waals surface area contributed by atoms with Gasteiger partial charge in [0.25, 0.3) is 0 Å². The average Bonchev–Trinajstić information content (AvgIpc) is 2.86. The monoisotopic (exact) mass is 277 g/mol. The first-order chi connectivity index (χ1) is 9.63. The number of likely N-dealkylation sites (tertiary alicyclic amines) is 1. The molecule has 1 aromatic carbocycles. The summed E-state index contributed by atoms with van der Waals surface area (Å²) in [5, 5.41) is 2.64. The van der Waals surface area contributed by atoms with E-state index in [4.69, 9.17) is 10.5 Å². The first-order valence-corrected chi connectivity index (χ1v) is 6.96. The molecule has 0 bridgehead atoms. The summed E-state index contributed by atoms with van der Waals surface area (Å²) in [4.78, 5) is 13.5. The molecule has 5 heteroatoms. The Bertz CT molecular complexity index is 447. The number of nitrogens with zero attached hydrogens (tertiary/aromatic N) is 1. The number of amides is 1. The van der Waals surface area contributed by atoms with Gasteiger partial charge < -0.3 is 20.7 Å². The number of ether oxygens (including phenoxy) is 1. The molecule has 5 nitrogen and oxygen atoms in total. The van der Waals surface area contributed by atoms with E-state index in [2.05, 4.69) is 22.3 Å². The summed E-state index contributed by atoms with van der Waals surface area (Å²) in [6.07, 6.45) is 0.526. The van der Waals surface area contributed by atoms with Crippen LogP contribution in [0, 0.1) is 0 Å². The molecule has 1 aromatic rings. The molecule has 0 spiro atoms. The van der Waals surface area contributed by atoms with E-state index < -0.39 is 0 Å². The molecular formula is C15H23N3O2. The number of nitrogens with one attached hydrogen (secondary N) is 1. The van der Waals surface area contributed by atoms with Crippen LogP contribution in [-0.4, -0.2) is 50.6 Å². The Kier molecular flexibility index (Phi) is 4.98. The second-order valence-corrected chi connectivity index (χ2v) is 5.23. The maximum Gasteiger partial charge on any atom is 0.221 e. The number of nitrogens with two attached hydrogens (primary N) is 1. The fourth-order valence-electron chi connectivity index (χ4n) is 2.68. The molecule has 0 aliphatic carbocycles. The van der Waals surface area contributed by atoms with Gasteiger partial charge in [0.05, 0.1) is 7.11 Å². The first kappa shape index (κ1) is 14.8. The smallest absolute Gasteiger partial charge is 0.221 e. The third-order valence-corrected chi connectivity index (χ3v) is 3.92. The quantitative estimate of drug-likeness (QED) is 0.825. The highest BCUT2D eigenvalue weighted by Crippen LogP contribution is 2.27. The van der Waals surface area contributed by atoms with Gasteiger partial charge >= 0.3 is 0 Å². The lowest BCUT2D eigenvalue weighted by atomic mass is 9.95. The van der Waals surface area contributed by atoms with Crippen molar-refractivity contribution in [2.75, 3.05) is 33.8 Å². The van der Waals surface area contributed by atoms with Gasteiger partial charge in [0.2, 0.25) is 5.91 Å². The third-order valence-electron chi connectivity index (χ3n) is 3.92. The molecule has 110 valence electrons. The minimum absolute atomic E-state index is 0.0754. The van der Waals surface area contributed by atoms with Crippen molar-refractivity contribution in [3.05, 3.63) is 29.8 Å². The van der Waals surface area contributed by atoms with Gasteiger partial charge in [0, 0.05) is 45.1 Å². The molecule has 0 aromatic heterocycles. The highest BCUT2D eigenvalue weighted by atomic mass is 16.5. The van der Waals surface area contributed by atoms with Gasteiger partial charge in [-0.2, -0.15) is 0 Å². The van der Waals surface area contributed by atoms with E-state index in [1.807, 2.05) is 12.1 Å². The van der Waals surface area contributed by atoms with Gasteiger partial charge in [-0.3, -0.25) is 4.79 Å². The Labute approximate surface area is 120 Å². The van der Waals surface area contributed by atoms with Crippen LogP contribution in [0.15, 0.2) is 24.3 Å². The van der Waals surface area contributed by atoms with E-state index in [-0.39, 0.29) is 11.9 Å². The van der Waals surface area contributed by atoms with Gasteiger partial charge in [0.15, 0.2) is 0 Å². The number of carbonyl (C=O) groups excluding carboxylic acids is 1. The van der Waals surface area contributed by atoms with Crippen LogP contribution in [0.1, 0.15) is 17.9 Å². The zero-order chi connectivity index (χ0) is 14.5. The van der Waals surface area contributed by atoms with Gasteiger partial charge in [0.1, 0.15) is 5.75 Å². The molecule has 2 unspecified atom stereocenters. The first-order valence-electron chi connectivity index (χ1n) is 6.96. The van der Waals surface area contributed by atoms with Crippen LogP contribution >= 0.6 is 0 Å². The third kappa shape index (κ3) is 3.49. The summed E-state index contributed by atoms with van der Waals surface area (Å²) in [5.41, 5.74) is 7.47.